The van der Waals surface area contributed by atoms with Gasteiger partial charge in [-0.3, -0.25) is 4.90 Å². The fourth-order valence-corrected chi connectivity index (χ4v) is 2.14. The first-order chi connectivity index (χ1) is 8.19. The third kappa shape index (κ3) is 3.93. The summed E-state index contributed by atoms with van der Waals surface area (Å²) in [6.07, 6.45) is 2.36. The molecule has 0 spiro atoms. The molecule has 2 rings (SSSR count). The average molecular weight is 275 g/mol. The Morgan fingerprint density at radius 1 is 1.39 bits per heavy atom. The van der Waals surface area contributed by atoms with Crippen molar-refractivity contribution in [1.29, 1.82) is 0 Å². The molecule has 0 aromatic carbocycles. The van der Waals surface area contributed by atoms with Gasteiger partial charge >= 0.3 is 0 Å². The summed E-state index contributed by atoms with van der Waals surface area (Å²) in [5.41, 5.74) is 5.68. The molecule has 1 fully saturated rings. The van der Waals surface area contributed by atoms with E-state index in [1.54, 1.807) is 0 Å². The van der Waals surface area contributed by atoms with Gasteiger partial charge in [-0.25, -0.2) is 0 Å². The van der Waals surface area contributed by atoms with Gasteiger partial charge in [-0.2, -0.15) is 4.98 Å². The largest absolute Gasteiger partial charge is 0.338 e. The Labute approximate surface area is 115 Å². The van der Waals surface area contributed by atoms with E-state index >= 15 is 0 Å². The molecular weight excluding hydrogens is 252 g/mol. The summed E-state index contributed by atoms with van der Waals surface area (Å²) in [5.74, 6) is 2.56. The predicted octanol–water partition coefficient (Wildman–Crippen LogP) is 1.79. The van der Waals surface area contributed by atoms with Crippen LogP contribution in [0.3, 0.4) is 0 Å². The van der Waals surface area contributed by atoms with Crippen molar-refractivity contribution in [1.82, 2.24) is 15.0 Å². The summed E-state index contributed by atoms with van der Waals surface area (Å²) in [5, 5.41) is 3.98. The zero-order valence-corrected chi connectivity index (χ0v) is 11.9. The molecule has 2 N–H and O–H groups in total. The molecule has 1 saturated heterocycles. The molecule has 2 heterocycles. The standard InChI is InChI=1S/C12H22N4O.ClH/c1-9(2)12-14-11(17-15-12)8-16-5-3-10(7-13)4-6-16;/h9-10H,3-8,13H2,1-2H3;1H. The fraction of sp³-hybridized carbons (Fsp3) is 0.833. The molecule has 0 bridgehead atoms. The normalized spacial score (nSPS) is 18.0. The highest BCUT2D eigenvalue weighted by Gasteiger charge is 2.20. The molecule has 1 aliphatic heterocycles. The summed E-state index contributed by atoms with van der Waals surface area (Å²) in [7, 11) is 0. The highest BCUT2D eigenvalue weighted by molar-refractivity contribution is 5.85. The number of hydrogen-bond donors (Lipinski definition) is 1. The number of piperidine rings is 1. The SMILES string of the molecule is CC(C)c1noc(CN2CCC(CN)CC2)n1.Cl. The van der Waals surface area contributed by atoms with Gasteiger partial charge in [0.1, 0.15) is 0 Å². The zero-order chi connectivity index (χ0) is 12.3. The van der Waals surface area contributed by atoms with Crippen LogP contribution in [0.4, 0.5) is 0 Å². The molecule has 0 radical (unpaired) electrons. The smallest absolute Gasteiger partial charge is 0.240 e. The van der Waals surface area contributed by atoms with E-state index in [-0.39, 0.29) is 12.4 Å². The van der Waals surface area contributed by atoms with Crippen molar-refractivity contribution in [2.45, 2.75) is 39.2 Å². The molecule has 6 heteroatoms. The Morgan fingerprint density at radius 3 is 2.56 bits per heavy atom. The molecule has 104 valence electrons. The van der Waals surface area contributed by atoms with Crippen LogP contribution < -0.4 is 5.73 Å². The van der Waals surface area contributed by atoms with Gasteiger partial charge in [-0.05, 0) is 38.4 Å². The van der Waals surface area contributed by atoms with E-state index in [9.17, 15) is 0 Å². The maximum Gasteiger partial charge on any atom is 0.240 e. The van der Waals surface area contributed by atoms with Crippen LogP contribution in [-0.2, 0) is 6.54 Å². The van der Waals surface area contributed by atoms with Crippen molar-refractivity contribution in [3.8, 4) is 0 Å². The van der Waals surface area contributed by atoms with E-state index in [1.165, 1.54) is 12.8 Å². The maximum absolute atomic E-state index is 5.68. The fourth-order valence-electron chi connectivity index (χ4n) is 2.14. The Kier molecular flexibility index (Phi) is 6.05. The van der Waals surface area contributed by atoms with Gasteiger partial charge in [-0.15, -0.1) is 12.4 Å². The quantitative estimate of drug-likeness (QED) is 0.907. The van der Waals surface area contributed by atoms with E-state index < -0.39 is 0 Å². The lowest BCUT2D eigenvalue weighted by Crippen LogP contribution is -2.35. The van der Waals surface area contributed by atoms with Crippen LogP contribution >= 0.6 is 12.4 Å². The van der Waals surface area contributed by atoms with E-state index in [0.717, 1.165) is 37.9 Å². The van der Waals surface area contributed by atoms with Crippen molar-refractivity contribution in [2.24, 2.45) is 11.7 Å². The molecule has 0 atom stereocenters. The van der Waals surface area contributed by atoms with Gasteiger partial charge < -0.3 is 10.3 Å². The van der Waals surface area contributed by atoms with Crippen LogP contribution in [0.5, 0.6) is 0 Å². The minimum absolute atomic E-state index is 0. The monoisotopic (exact) mass is 274 g/mol. The van der Waals surface area contributed by atoms with E-state index in [0.29, 0.717) is 11.8 Å². The molecule has 5 nitrogen and oxygen atoms in total. The van der Waals surface area contributed by atoms with Gasteiger partial charge in [0.2, 0.25) is 5.89 Å². The lowest BCUT2D eigenvalue weighted by atomic mass is 9.97. The van der Waals surface area contributed by atoms with Crippen molar-refractivity contribution < 1.29 is 4.52 Å². The summed E-state index contributed by atoms with van der Waals surface area (Å²) < 4.78 is 5.25. The highest BCUT2D eigenvalue weighted by Crippen LogP contribution is 2.18. The van der Waals surface area contributed by atoms with Gasteiger partial charge in [0, 0.05) is 5.92 Å². The minimum Gasteiger partial charge on any atom is -0.338 e. The van der Waals surface area contributed by atoms with Gasteiger partial charge in [0.25, 0.3) is 0 Å². The topological polar surface area (TPSA) is 68.2 Å². The number of halogens is 1. The van der Waals surface area contributed by atoms with Crippen molar-refractivity contribution in [3.05, 3.63) is 11.7 Å². The summed E-state index contributed by atoms with van der Waals surface area (Å²) in [6, 6.07) is 0. The average Bonchev–Trinajstić information content (AvgIpc) is 2.79. The lowest BCUT2D eigenvalue weighted by molar-refractivity contribution is 0.161. The highest BCUT2D eigenvalue weighted by atomic mass is 35.5. The summed E-state index contributed by atoms with van der Waals surface area (Å²) in [6.45, 7) is 7.90. The number of likely N-dealkylation sites (tertiary alicyclic amines) is 1. The third-order valence-electron chi connectivity index (χ3n) is 3.40. The maximum atomic E-state index is 5.68. The molecule has 1 aliphatic rings. The number of nitrogens with zero attached hydrogens (tertiary/aromatic N) is 3. The number of hydrogen-bond acceptors (Lipinski definition) is 5. The van der Waals surface area contributed by atoms with Crippen LogP contribution in [0.1, 0.15) is 44.3 Å². The first-order valence-corrected chi connectivity index (χ1v) is 6.44. The van der Waals surface area contributed by atoms with Crippen molar-refractivity contribution in [2.75, 3.05) is 19.6 Å². The second kappa shape index (κ2) is 7.07. The van der Waals surface area contributed by atoms with Gasteiger partial charge in [0.15, 0.2) is 5.82 Å². The molecule has 1 aromatic rings. The molecule has 0 aliphatic carbocycles. The molecule has 0 unspecified atom stereocenters. The van der Waals surface area contributed by atoms with Crippen LogP contribution in [0.2, 0.25) is 0 Å². The second-order valence-corrected chi connectivity index (χ2v) is 5.16. The molecule has 0 saturated carbocycles. The second-order valence-electron chi connectivity index (χ2n) is 5.16. The molecular formula is C12H23ClN4O. The number of aromatic nitrogens is 2. The van der Waals surface area contributed by atoms with Crippen molar-refractivity contribution >= 4 is 12.4 Å². The Morgan fingerprint density at radius 2 is 2.06 bits per heavy atom. The van der Waals surface area contributed by atoms with E-state index in [2.05, 4.69) is 28.9 Å². The van der Waals surface area contributed by atoms with E-state index in [4.69, 9.17) is 10.3 Å². The van der Waals surface area contributed by atoms with Crippen LogP contribution in [-0.4, -0.2) is 34.7 Å². The predicted molar refractivity (Wildman–Crippen MR) is 72.7 cm³/mol. The Balaban J connectivity index is 0.00000162. The zero-order valence-electron chi connectivity index (χ0n) is 11.1. The number of rotatable bonds is 4. The minimum atomic E-state index is 0. The van der Waals surface area contributed by atoms with E-state index in [1.807, 2.05) is 0 Å². The number of nitrogens with two attached hydrogens (primary N) is 1. The van der Waals surface area contributed by atoms with Crippen LogP contribution in [0, 0.1) is 5.92 Å². The molecule has 1 aromatic heterocycles. The Bertz CT molecular complexity index is 348. The van der Waals surface area contributed by atoms with Crippen LogP contribution in [0.25, 0.3) is 0 Å². The van der Waals surface area contributed by atoms with Gasteiger partial charge in [0.05, 0.1) is 6.54 Å². The lowest BCUT2D eigenvalue weighted by Gasteiger charge is -2.30. The summed E-state index contributed by atoms with van der Waals surface area (Å²) >= 11 is 0. The Hall–Kier alpha value is -0.650. The van der Waals surface area contributed by atoms with Gasteiger partial charge in [-0.1, -0.05) is 19.0 Å². The third-order valence-corrected chi connectivity index (χ3v) is 3.40. The first-order valence-electron chi connectivity index (χ1n) is 6.44. The summed E-state index contributed by atoms with van der Waals surface area (Å²) in [4.78, 5) is 6.76. The van der Waals surface area contributed by atoms with Crippen LogP contribution in [0.15, 0.2) is 4.52 Å². The molecule has 0 amide bonds. The first kappa shape index (κ1) is 15.4. The van der Waals surface area contributed by atoms with Crippen molar-refractivity contribution in [3.63, 3.8) is 0 Å². The molecule has 18 heavy (non-hydrogen) atoms.